The molecule has 92 valence electrons. The van der Waals surface area contributed by atoms with E-state index in [1.54, 1.807) is 0 Å². The molecule has 0 heterocycles. The van der Waals surface area contributed by atoms with Crippen molar-refractivity contribution >= 4 is 5.70 Å². The fourth-order valence-electron chi connectivity index (χ4n) is 1.96. The van der Waals surface area contributed by atoms with E-state index in [1.165, 1.54) is 24.3 Å². The van der Waals surface area contributed by atoms with Gasteiger partial charge in [0.2, 0.25) is 0 Å². The van der Waals surface area contributed by atoms with Crippen LogP contribution in [0.25, 0.3) is 5.70 Å². The molecule has 1 aliphatic rings. The lowest BCUT2D eigenvalue weighted by atomic mass is 10.1. The number of fused-ring (bicyclic) bond motifs is 1. The van der Waals surface area contributed by atoms with Crippen molar-refractivity contribution in [1.82, 2.24) is 0 Å². The predicted molar refractivity (Wildman–Crippen MR) is 57.1 cm³/mol. The standard InChI is InChI=1S/C9H5N3O6/c13-10(14)7-5-3-1-2-4-6(5)8(11(15)16)9(7)12(17)18/h1-4,7H. The van der Waals surface area contributed by atoms with Crippen LogP contribution in [0.1, 0.15) is 17.2 Å². The van der Waals surface area contributed by atoms with Gasteiger partial charge in [-0.15, -0.1) is 0 Å². The van der Waals surface area contributed by atoms with E-state index in [0.29, 0.717) is 0 Å². The molecular formula is C9H5N3O6. The maximum absolute atomic E-state index is 10.9. The Morgan fingerprint density at radius 3 is 2.06 bits per heavy atom. The third-order valence-electron chi connectivity index (χ3n) is 2.60. The SMILES string of the molecule is O=[N+]([O-])C1=C([N+](=O)[O-])C([N+](=O)[O-])c2ccccc21. The summed E-state index contributed by atoms with van der Waals surface area (Å²) in [5, 5.41) is 32.6. The van der Waals surface area contributed by atoms with Crippen LogP contribution in [0, 0.1) is 30.3 Å². The van der Waals surface area contributed by atoms with Crippen molar-refractivity contribution in [2.45, 2.75) is 6.04 Å². The molecular weight excluding hydrogens is 246 g/mol. The molecule has 0 radical (unpaired) electrons. The van der Waals surface area contributed by atoms with Gasteiger partial charge >= 0.3 is 17.4 Å². The second kappa shape index (κ2) is 3.87. The Morgan fingerprint density at radius 1 is 0.944 bits per heavy atom. The van der Waals surface area contributed by atoms with E-state index in [2.05, 4.69) is 0 Å². The minimum absolute atomic E-state index is 0.0269. The number of hydrogen-bond acceptors (Lipinski definition) is 6. The van der Waals surface area contributed by atoms with E-state index in [-0.39, 0.29) is 11.1 Å². The van der Waals surface area contributed by atoms with Crippen molar-refractivity contribution in [3.05, 3.63) is 71.4 Å². The van der Waals surface area contributed by atoms with Crippen LogP contribution in [0.4, 0.5) is 0 Å². The van der Waals surface area contributed by atoms with E-state index >= 15 is 0 Å². The van der Waals surface area contributed by atoms with Gasteiger partial charge in [0.1, 0.15) is 0 Å². The zero-order valence-electron chi connectivity index (χ0n) is 8.68. The van der Waals surface area contributed by atoms with Crippen molar-refractivity contribution in [1.29, 1.82) is 0 Å². The maximum atomic E-state index is 10.9. The van der Waals surface area contributed by atoms with E-state index in [4.69, 9.17) is 0 Å². The van der Waals surface area contributed by atoms with Crippen molar-refractivity contribution in [3.8, 4) is 0 Å². The van der Waals surface area contributed by atoms with Crippen molar-refractivity contribution in [3.63, 3.8) is 0 Å². The molecule has 0 amide bonds. The number of benzene rings is 1. The summed E-state index contributed by atoms with van der Waals surface area (Å²) in [5.74, 6) is 0. The van der Waals surface area contributed by atoms with Gasteiger partial charge in [0.25, 0.3) is 0 Å². The van der Waals surface area contributed by atoms with Gasteiger partial charge in [0.05, 0.1) is 21.0 Å². The second-order valence-corrected chi connectivity index (χ2v) is 3.52. The summed E-state index contributed by atoms with van der Waals surface area (Å²) in [7, 11) is 0. The summed E-state index contributed by atoms with van der Waals surface area (Å²) >= 11 is 0. The third-order valence-corrected chi connectivity index (χ3v) is 2.60. The van der Waals surface area contributed by atoms with Gasteiger partial charge in [-0.1, -0.05) is 18.2 Å². The van der Waals surface area contributed by atoms with Crippen LogP contribution in [-0.4, -0.2) is 14.8 Å². The van der Waals surface area contributed by atoms with Crippen molar-refractivity contribution in [2.24, 2.45) is 0 Å². The molecule has 1 unspecified atom stereocenters. The Labute approximate surface area is 98.8 Å². The normalized spacial score (nSPS) is 17.4. The molecule has 1 aromatic rings. The van der Waals surface area contributed by atoms with Crippen LogP contribution in [0.3, 0.4) is 0 Å². The van der Waals surface area contributed by atoms with Gasteiger partial charge in [-0.05, 0) is 6.07 Å². The summed E-state index contributed by atoms with van der Waals surface area (Å²) in [6.45, 7) is 0. The van der Waals surface area contributed by atoms with Gasteiger partial charge in [-0.2, -0.15) is 0 Å². The van der Waals surface area contributed by atoms with Crippen LogP contribution in [0.2, 0.25) is 0 Å². The van der Waals surface area contributed by atoms with Crippen molar-refractivity contribution in [2.75, 3.05) is 0 Å². The highest BCUT2D eigenvalue weighted by Gasteiger charge is 2.54. The van der Waals surface area contributed by atoms with E-state index in [9.17, 15) is 30.3 Å². The molecule has 1 atom stereocenters. The summed E-state index contributed by atoms with van der Waals surface area (Å²) in [6.07, 6.45) is 0. The summed E-state index contributed by atoms with van der Waals surface area (Å²) in [4.78, 5) is 29.7. The quantitative estimate of drug-likeness (QED) is 0.586. The highest BCUT2D eigenvalue weighted by molar-refractivity contribution is 5.70. The predicted octanol–water partition coefficient (Wildman–Crippen LogP) is 1.24. The fourth-order valence-corrected chi connectivity index (χ4v) is 1.96. The van der Waals surface area contributed by atoms with Crippen LogP contribution in [0.5, 0.6) is 0 Å². The number of nitrogens with zero attached hydrogens (tertiary/aromatic N) is 3. The summed E-state index contributed by atoms with van der Waals surface area (Å²) in [5.41, 5.74) is -1.90. The van der Waals surface area contributed by atoms with Crippen molar-refractivity contribution < 1.29 is 14.8 Å². The van der Waals surface area contributed by atoms with Gasteiger partial charge in [0.15, 0.2) is 0 Å². The first kappa shape index (κ1) is 11.6. The van der Waals surface area contributed by atoms with Crippen LogP contribution < -0.4 is 0 Å². The topological polar surface area (TPSA) is 129 Å². The number of nitro groups is 3. The first-order valence-corrected chi connectivity index (χ1v) is 4.71. The highest BCUT2D eigenvalue weighted by atomic mass is 16.7. The molecule has 0 aromatic heterocycles. The monoisotopic (exact) mass is 251 g/mol. The fraction of sp³-hybridized carbons (Fsp3) is 0.111. The molecule has 0 bridgehead atoms. The lowest BCUT2D eigenvalue weighted by Crippen LogP contribution is -2.16. The zero-order chi connectivity index (χ0) is 13.4. The minimum atomic E-state index is -1.79. The second-order valence-electron chi connectivity index (χ2n) is 3.52. The first-order valence-electron chi connectivity index (χ1n) is 4.71. The lowest BCUT2D eigenvalue weighted by Gasteiger charge is -2.00. The molecule has 1 aromatic carbocycles. The van der Waals surface area contributed by atoms with Gasteiger partial charge < -0.3 is 0 Å². The molecule has 0 saturated heterocycles. The molecule has 2 rings (SSSR count). The molecule has 1 aliphatic carbocycles. The van der Waals surface area contributed by atoms with Gasteiger partial charge in [-0.25, -0.2) is 0 Å². The average Bonchev–Trinajstić information content (AvgIpc) is 2.63. The zero-order valence-corrected chi connectivity index (χ0v) is 8.68. The van der Waals surface area contributed by atoms with Crippen LogP contribution >= 0.6 is 0 Å². The molecule has 9 nitrogen and oxygen atoms in total. The van der Waals surface area contributed by atoms with Gasteiger partial charge in [-0.3, -0.25) is 30.3 Å². The lowest BCUT2D eigenvalue weighted by molar-refractivity contribution is -0.562. The third kappa shape index (κ3) is 1.49. The Morgan fingerprint density at radius 2 is 1.56 bits per heavy atom. The minimum Gasteiger partial charge on any atom is -0.263 e. The molecule has 0 fully saturated rings. The Hall–Kier alpha value is -2.84. The Bertz CT molecular complexity index is 608. The summed E-state index contributed by atoms with van der Waals surface area (Å²) in [6, 6.07) is 3.62. The largest absolute Gasteiger partial charge is 0.401 e. The first-order chi connectivity index (χ1) is 8.45. The molecule has 9 heteroatoms. The van der Waals surface area contributed by atoms with Crippen LogP contribution in [-0.2, 0) is 0 Å². The Balaban J connectivity index is 2.79. The number of hydrogen-bond donors (Lipinski definition) is 0. The Kier molecular flexibility index (Phi) is 2.51. The average molecular weight is 251 g/mol. The van der Waals surface area contributed by atoms with Crippen LogP contribution in [0.15, 0.2) is 30.0 Å². The molecule has 0 N–H and O–H groups in total. The highest BCUT2D eigenvalue weighted by Crippen LogP contribution is 2.42. The molecule has 0 aliphatic heterocycles. The summed E-state index contributed by atoms with van der Waals surface area (Å²) < 4.78 is 0. The molecule has 18 heavy (non-hydrogen) atoms. The number of rotatable bonds is 3. The van der Waals surface area contributed by atoms with Gasteiger partial charge in [0, 0.05) is 4.92 Å². The van der Waals surface area contributed by atoms with E-state index in [1.807, 2.05) is 0 Å². The molecule has 0 spiro atoms. The maximum Gasteiger partial charge on any atom is 0.401 e. The smallest absolute Gasteiger partial charge is 0.263 e. The molecule has 0 saturated carbocycles. The van der Waals surface area contributed by atoms with E-state index < -0.39 is 32.2 Å². The van der Waals surface area contributed by atoms with E-state index in [0.717, 1.165) is 0 Å².